The Morgan fingerprint density at radius 1 is 0.939 bits per heavy atom. The number of hydrogen-bond donors (Lipinski definition) is 2. The van der Waals surface area contributed by atoms with E-state index in [-0.39, 0.29) is 5.43 Å². The van der Waals surface area contributed by atoms with Crippen molar-refractivity contribution in [2.24, 2.45) is 0 Å². The highest BCUT2D eigenvalue weighted by molar-refractivity contribution is 5.99. The Morgan fingerprint density at radius 2 is 1.73 bits per heavy atom. The van der Waals surface area contributed by atoms with E-state index in [2.05, 4.69) is 15.4 Å². The quantitative estimate of drug-likeness (QED) is 0.285. The van der Waals surface area contributed by atoms with Gasteiger partial charge in [-0.1, -0.05) is 24.3 Å². The third-order valence-corrected chi connectivity index (χ3v) is 6.01. The monoisotopic (exact) mass is 436 g/mol. The number of H-pyrrole nitrogens is 1. The fourth-order valence-corrected chi connectivity index (χ4v) is 4.26. The molecular formula is C27H24N4O2. The van der Waals surface area contributed by atoms with Crippen LogP contribution in [0.2, 0.25) is 0 Å². The van der Waals surface area contributed by atoms with Crippen molar-refractivity contribution >= 4 is 39.5 Å². The molecule has 3 aromatic carbocycles. The molecular weight excluding hydrogens is 412 g/mol. The molecule has 0 fully saturated rings. The number of para-hydroxylation sites is 1. The second-order valence-corrected chi connectivity index (χ2v) is 8.46. The number of carbonyl (C=O) groups is 1. The Hall–Kier alpha value is -4.19. The molecule has 5 rings (SSSR count). The van der Waals surface area contributed by atoms with E-state index in [1.54, 1.807) is 12.1 Å². The van der Waals surface area contributed by atoms with E-state index in [1.807, 2.05) is 74.0 Å². The van der Waals surface area contributed by atoms with Gasteiger partial charge in [-0.05, 0) is 68.3 Å². The van der Waals surface area contributed by atoms with E-state index in [9.17, 15) is 9.59 Å². The number of fused-ring (bicyclic) bond motifs is 2. The number of aldehydes is 1. The summed E-state index contributed by atoms with van der Waals surface area (Å²) in [6.45, 7) is 6.58. The first-order valence-corrected chi connectivity index (χ1v) is 10.8. The summed E-state index contributed by atoms with van der Waals surface area (Å²) in [4.78, 5) is 28.6. The normalized spacial score (nSPS) is 11.2. The van der Waals surface area contributed by atoms with Gasteiger partial charge in [0.1, 0.15) is 0 Å². The number of hydrogen-bond acceptors (Lipinski definition) is 4. The third kappa shape index (κ3) is 3.80. The molecule has 0 atom stereocenters. The van der Waals surface area contributed by atoms with Crippen LogP contribution in [0.3, 0.4) is 0 Å². The number of nitrogens with one attached hydrogen (secondary N) is 2. The van der Waals surface area contributed by atoms with Crippen LogP contribution in [0.15, 0.2) is 65.5 Å². The van der Waals surface area contributed by atoms with Gasteiger partial charge in [-0.25, -0.2) is 0 Å². The number of aromatic amines is 1. The molecule has 0 aliphatic heterocycles. The zero-order valence-electron chi connectivity index (χ0n) is 18.8. The highest BCUT2D eigenvalue weighted by atomic mass is 16.1. The summed E-state index contributed by atoms with van der Waals surface area (Å²) in [6.07, 6.45) is 0.806. The predicted octanol–water partition coefficient (Wildman–Crippen LogP) is 5.41. The summed E-state index contributed by atoms with van der Waals surface area (Å²) in [5.74, 6) is 0. The first kappa shape index (κ1) is 20.7. The molecule has 164 valence electrons. The lowest BCUT2D eigenvalue weighted by molar-refractivity contribution is 0.112. The van der Waals surface area contributed by atoms with Gasteiger partial charge in [0.05, 0.1) is 17.8 Å². The van der Waals surface area contributed by atoms with Crippen molar-refractivity contribution in [1.82, 2.24) is 14.8 Å². The number of benzene rings is 3. The molecule has 0 radical (unpaired) electrons. The molecule has 0 saturated carbocycles. The Bertz CT molecular complexity index is 1590. The van der Waals surface area contributed by atoms with Gasteiger partial charge in [0, 0.05) is 38.9 Å². The molecule has 0 spiro atoms. The molecule has 0 aliphatic carbocycles. The van der Waals surface area contributed by atoms with E-state index in [0.29, 0.717) is 34.1 Å². The lowest BCUT2D eigenvalue weighted by Gasteiger charge is -2.13. The largest absolute Gasteiger partial charge is 0.355 e. The van der Waals surface area contributed by atoms with Crippen LogP contribution in [-0.4, -0.2) is 21.1 Å². The summed E-state index contributed by atoms with van der Waals surface area (Å²) in [5, 5.41) is 8.99. The van der Waals surface area contributed by atoms with Crippen LogP contribution < -0.4 is 10.7 Å². The van der Waals surface area contributed by atoms with Crippen molar-refractivity contribution in [2.45, 2.75) is 27.3 Å². The summed E-state index contributed by atoms with van der Waals surface area (Å²) < 4.78 is 1.94. The van der Waals surface area contributed by atoms with E-state index in [4.69, 9.17) is 0 Å². The van der Waals surface area contributed by atoms with E-state index in [1.165, 1.54) is 0 Å². The summed E-state index contributed by atoms with van der Waals surface area (Å²) in [6, 6.07) is 19.2. The number of aryl methyl sites for hydroxylation is 3. The molecule has 5 aromatic rings. The molecule has 0 saturated heterocycles. The number of carbonyl (C=O) groups excluding carboxylic acids is 1. The van der Waals surface area contributed by atoms with E-state index in [0.717, 1.165) is 40.0 Å². The molecule has 2 N–H and O–H groups in total. The highest BCUT2D eigenvalue weighted by Gasteiger charge is 2.12. The van der Waals surface area contributed by atoms with Gasteiger partial charge in [-0.15, -0.1) is 0 Å². The van der Waals surface area contributed by atoms with Gasteiger partial charge < -0.3 is 10.3 Å². The Kier molecular flexibility index (Phi) is 5.05. The third-order valence-electron chi connectivity index (χ3n) is 6.01. The fourth-order valence-electron chi connectivity index (χ4n) is 4.26. The minimum atomic E-state index is -0.0701. The molecule has 0 bridgehead atoms. The van der Waals surface area contributed by atoms with Crippen molar-refractivity contribution in [3.05, 3.63) is 99.0 Å². The zero-order chi connectivity index (χ0) is 23.1. The van der Waals surface area contributed by atoms with E-state index < -0.39 is 0 Å². The number of nitrogens with zero attached hydrogens (tertiary/aromatic N) is 2. The molecule has 0 aliphatic rings. The first-order valence-electron chi connectivity index (χ1n) is 10.8. The van der Waals surface area contributed by atoms with E-state index >= 15 is 0 Å². The van der Waals surface area contributed by atoms with Crippen molar-refractivity contribution in [2.75, 3.05) is 5.32 Å². The molecule has 2 aromatic heterocycles. The first-order chi connectivity index (χ1) is 15.9. The van der Waals surface area contributed by atoms with Gasteiger partial charge in [-0.3, -0.25) is 14.3 Å². The number of rotatable bonds is 5. The summed E-state index contributed by atoms with van der Waals surface area (Å²) in [5.41, 5.74) is 7.39. The predicted molar refractivity (Wildman–Crippen MR) is 133 cm³/mol. The summed E-state index contributed by atoms with van der Waals surface area (Å²) >= 11 is 0. The fraction of sp³-hybridized carbons (Fsp3) is 0.148. The van der Waals surface area contributed by atoms with Gasteiger partial charge in [-0.2, -0.15) is 5.10 Å². The maximum atomic E-state index is 13.5. The number of pyridine rings is 1. The van der Waals surface area contributed by atoms with Crippen LogP contribution in [0.5, 0.6) is 0 Å². The molecule has 6 nitrogen and oxygen atoms in total. The number of anilines is 2. The standard InChI is InChI=1S/C27H24N4O2/c1-16-6-4-5-7-23(16)28-25-13-22-26(12-20(25)15-32)29-24-9-8-19(11-21(24)27(22)33)14-31-18(3)10-17(2)30-31/h4-13,15,28H,14H2,1-3H3,(H,29,33). The maximum absolute atomic E-state index is 13.5. The average molecular weight is 437 g/mol. The SMILES string of the molecule is Cc1cc(C)n(Cc2ccc3[nH]c4cc(C=O)c(Nc5ccccc5C)cc4c(=O)c3c2)n1. The van der Waals surface area contributed by atoms with Gasteiger partial charge >= 0.3 is 0 Å². The average Bonchev–Trinajstić information content (AvgIpc) is 3.12. The Balaban J connectivity index is 1.63. The van der Waals surface area contributed by atoms with Crippen LogP contribution in [0.4, 0.5) is 11.4 Å². The van der Waals surface area contributed by atoms with Gasteiger partial charge in [0.2, 0.25) is 0 Å². The number of aromatic nitrogens is 3. The van der Waals surface area contributed by atoms with Crippen molar-refractivity contribution in [3.8, 4) is 0 Å². The van der Waals surface area contributed by atoms with Crippen molar-refractivity contribution in [3.63, 3.8) is 0 Å². The minimum Gasteiger partial charge on any atom is -0.355 e. The van der Waals surface area contributed by atoms with Crippen LogP contribution in [0.25, 0.3) is 21.8 Å². The highest BCUT2D eigenvalue weighted by Crippen LogP contribution is 2.27. The molecule has 2 heterocycles. The van der Waals surface area contributed by atoms with Crippen molar-refractivity contribution in [1.29, 1.82) is 0 Å². The molecule has 6 heteroatoms. The van der Waals surface area contributed by atoms with Crippen LogP contribution >= 0.6 is 0 Å². The maximum Gasteiger partial charge on any atom is 0.197 e. The van der Waals surface area contributed by atoms with Gasteiger partial charge in [0.25, 0.3) is 0 Å². The topological polar surface area (TPSA) is 79.8 Å². The minimum absolute atomic E-state index is 0.0701. The molecule has 33 heavy (non-hydrogen) atoms. The summed E-state index contributed by atoms with van der Waals surface area (Å²) in [7, 11) is 0. The van der Waals surface area contributed by atoms with Gasteiger partial charge in [0.15, 0.2) is 11.7 Å². The van der Waals surface area contributed by atoms with Crippen LogP contribution in [0, 0.1) is 20.8 Å². The molecule has 0 unspecified atom stereocenters. The van der Waals surface area contributed by atoms with Crippen molar-refractivity contribution < 1.29 is 4.79 Å². The zero-order valence-corrected chi connectivity index (χ0v) is 18.8. The molecule has 0 amide bonds. The van der Waals surface area contributed by atoms with Crippen LogP contribution in [0.1, 0.15) is 32.9 Å². The van der Waals surface area contributed by atoms with Crippen LogP contribution in [-0.2, 0) is 6.54 Å². The lowest BCUT2D eigenvalue weighted by Crippen LogP contribution is -2.08. The lowest BCUT2D eigenvalue weighted by atomic mass is 10.0. The smallest absolute Gasteiger partial charge is 0.197 e. The Morgan fingerprint density at radius 3 is 2.45 bits per heavy atom. The second kappa shape index (κ2) is 8.06. The second-order valence-electron chi connectivity index (χ2n) is 8.46. The Labute approximate surface area is 190 Å².